The summed E-state index contributed by atoms with van der Waals surface area (Å²) in [6.45, 7) is 7.65. The molecule has 40 heavy (non-hydrogen) atoms. The summed E-state index contributed by atoms with van der Waals surface area (Å²) in [6.07, 6.45) is 5.52. The van der Waals surface area contributed by atoms with Crippen LogP contribution in [0, 0.1) is 5.41 Å². The molecule has 0 aliphatic carbocycles. The second kappa shape index (κ2) is 9.80. The van der Waals surface area contributed by atoms with Crippen molar-refractivity contribution in [1.29, 1.82) is 0 Å². The van der Waals surface area contributed by atoms with E-state index in [-0.39, 0.29) is 17.1 Å². The molecular weight excluding hydrogens is 522 g/mol. The smallest absolute Gasteiger partial charge is 0.224 e. The molecule has 6 aromatic rings. The van der Waals surface area contributed by atoms with Crippen molar-refractivity contribution in [1.82, 2.24) is 30.1 Å². The van der Waals surface area contributed by atoms with Crippen molar-refractivity contribution in [2.45, 2.75) is 34.1 Å². The highest BCUT2D eigenvalue weighted by Gasteiger charge is 2.18. The fourth-order valence-electron chi connectivity index (χ4n) is 4.61. The zero-order chi connectivity index (χ0) is 28.0. The molecule has 0 saturated carbocycles. The maximum atomic E-state index is 12.4. The Morgan fingerprint density at radius 3 is 2.62 bits per heavy atom. The van der Waals surface area contributed by atoms with Crippen LogP contribution in [0.15, 0.2) is 61.1 Å². The van der Waals surface area contributed by atoms with Gasteiger partial charge in [0.1, 0.15) is 11.2 Å². The molecule has 6 rings (SSSR count). The lowest BCUT2D eigenvalue weighted by molar-refractivity contribution is -0.117. The van der Waals surface area contributed by atoms with Crippen LogP contribution in [-0.4, -0.2) is 41.8 Å². The lowest BCUT2D eigenvalue weighted by atomic mass is 9.92. The first kappa shape index (κ1) is 25.6. The Morgan fingerprint density at radius 1 is 1.00 bits per heavy atom. The van der Waals surface area contributed by atoms with Gasteiger partial charge in [-0.25, -0.2) is 4.98 Å². The van der Waals surface area contributed by atoms with E-state index in [1.807, 2.05) is 63.2 Å². The van der Waals surface area contributed by atoms with Crippen LogP contribution in [0.3, 0.4) is 0 Å². The van der Waals surface area contributed by atoms with Crippen molar-refractivity contribution in [3.63, 3.8) is 0 Å². The van der Waals surface area contributed by atoms with E-state index in [1.165, 1.54) is 11.3 Å². The lowest BCUT2D eigenvalue weighted by Gasteiger charge is -2.17. The minimum Gasteiger partial charge on any atom is -0.353 e. The molecule has 0 aliphatic heterocycles. The summed E-state index contributed by atoms with van der Waals surface area (Å²) in [5.74, 6) is -0.0178. The van der Waals surface area contributed by atoms with Gasteiger partial charge >= 0.3 is 0 Å². The second-order valence-electron chi connectivity index (χ2n) is 10.9. The minimum absolute atomic E-state index is 0.0380. The number of aromatic nitrogens is 6. The number of Topliss-reactive ketones (excluding diaryl/α,β-unsaturated/α-hetero) is 1. The van der Waals surface area contributed by atoms with Gasteiger partial charge in [-0.3, -0.25) is 24.7 Å². The first-order valence-corrected chi connectivity index (χ1v) is 13.7. The second-order valence-corrected chi connectivity index (χ2v) is 12.0. The van der Waals surface area contributed by atoms with E-state index in [0.717, 1.165) is 38.2 Å². The van der Waals surface area contributed by atoms with Gasteiger partial charge in [0.15, 0.2) is 5.78 Å². The molecule has 200 valence electrons. The van der Waals surface area contributed by atoms with Gasteiger partial charge in [-0.15, -0.1) is 11.3 Å². The number of nitrogens with one attached hydrogen (secondary N) is 3. The fraction of sp³-hybridized carbons (Fsp3) is 0.200. The minimum atomic E-state index is -0.111. The van der Waals surface area contributed by atoms with Gasteiger partial charge in [-0.1, -0.05) is 20.8 Å². The van der Waals surface area contributed by atoms with Crippen molar-refractivity contribution in [3.05, 3.63) is 65.9 Å². The fourth-order valence-corrected chi connectivity index (χ4v) is 5.53. The van der Waals surface area contributed by atoms with Crippen LogP contribution in [0.2, 0.25) is 0 Å². The zero-order valence-corrected chi connectivity index (χ0v) is 23.3. The molecule has 9 nitrogen and oxygen atoms in total. The van der Waals surface area contributed by atoms with E-state index in [9.17, 15) is 9.59 Å². The summed E-state index contributed by atoms with van der Waals surface area (Å²) in [4.78, 5) is 43.2. The van der Waals surface area contributed by atoms with Crippen LogP contribution in [0.4, 0.5) is 5.69 Å². The highest BCUT2D eigenvalue weighted by atomic mass is 32.1. The summed E-state index contributed by atoms with van der Waals surface area (Å²) >= 11 is 1.43. The number of hydrogen-bond acceptors (Lipinski definition) is 7. The molecule has 0 unspecified atom stereocenters. The van der Waals surface area contributed by atoms with Gasteiger partial charge in [0.05, 0.1) is 44.2 Å². The Hall–Kier alpha value is -4.70. The maximum Gasteiger partial charge on any atom is 0.224 e. The Balaban J connectivity index is 1.36. The molecule has 0 bridgehead atoms. The van der Waals surface area contributed by atoms with Crippen LogP contribution in [0.5, 0.6) is 0 Å². The Labute approximate surface area is 234 Å². The predicted octanol–water partition coefficient (Wildman–Crippen LogP) is 6.87. The normalized spacial score (nSPS) is 11.8. The first-order chi connectivity index (χ1) is 19.1. The number of fused-ring (bicyclic) bond motifs is 2. The molecule has 0 aliphatic rings. The van der Waals surface area contributed by atoms with Gasteiger partial charge in [0.2, 0.25) is 5.91 Å². The van der Waals surface area contributed by atoms with E-state index < -0.39 is 0 Å². The number of amides is 1. The Bertz CT molecular complexity index is 1910. The molecular formula is C30H27N7O2S. The number of nitrogens with zero attached hydrogens (tertiary/aromatic N) is 4. The zero-order valence-electron chi connectivity index (χ0n) is 22.5. The summed E-state index contributed by atoms with van der Waals surface area (Å²) < 4.78 is 0. The van der Waals surface area contributed by atoms with Crippen LogP contribution in [0.25, 0.3) is 55.2 Å². The van der Waals surface area contributed by atoms with Gasteiger partial charge < -0.3 is 10.3 Å². The van der Waals surface area contributed by atoms with E-state index >= 15 is 0 Å². The highest BCUT2D eigenvalue weighted by Crippen LogP contribution is 2.36. The molecule has 10 heteroatoms. The molecule has 6 heterocycles. The van der Waals surface area contributed by atoms with Crippen molar-refractivity contribution >= 4 is 50.7 Å². The number of H-pyrrole nitrogens is 2. The molecule has 0 aromatic carbocycles. The van der Waals surface area contributed by atoms with Gasteiger partial charge in [0, 0.05) is 35.3 Å². The first-order valence-electron chi connectivity index (χ1n) is 12.8. The van der Waals surface area contributed by atoms with E-state index in [4.69, 9.17) is 4.98 Å². The molecule has 0 radical (unpaired) electrons. The number of aromatic amines is 2. The topological polar surface area (TPSA) is 129 Å². The molecule has 0 atom stereocenters. The van der Waals surface area contributed by atoms with Crippen LogP contribution in [-0.2, 0) is 4.79 Å². The number of carbonyl (C=O) groups excluding carboxylic acids is 2. The largest absolute Gasteiger partial charge is 0.353 e. The van der Waals surface area contributed by atoms with E-state index in [1.54, 1.807) is 25.5 Å². The number of anilines is 1. The van der Waals surface area contributed by atoms with Crippen molar-refractivity contribution in [2.24, 2.45) is 5.41 Å². The highest BCUT2D eigenvalue weighted by molar-refractivity contribution is 7.17. The molecule has 0 fully saturated rings. The predicted molar refractivity (Wildman–Crippen MR) is 158 cm³/mol. The molecule has 6 aromatic heterocycles. The number of pyridine rings is 3. The van der Waals surface area contributed by atoms with Crippen molar-refractivity contribution in [3.8, 4) is 33.2 Å². The van der Waals surface area contributed by atoms with Crippen LogP contribution in [0.1, 0.15) is 43.8 Å². The summed E-state index contributed by atoms with van der Waals surface area (Å²) in [7, 11) is 0. The molecule has 3 N–H and O–H groups in total. The molecule has 0 spiro atoms. The maximum absolute atomic E-state index is 12.4. The number of thiophene rings is 1. The lowest BCUT2D eigenvalue weighted by Crippen LogP contribution is -2.19. The quantitative estimate of drug-likeness (QED) is 0.194. The third-order valence-electron chi connectivity index (χ3n) is 6.41. The average Bonchev–Trinajstić information content (AvgIpc) is 3.65. The average molecular weight is 550 g/mol. The van der Waals surface area contributed by atoms with Crippen molar-refractivity contribution < 1.29 is 9.59 Å². The monoisotopic (exact) mass is 549 g/mol. The SMILES string of the molecule is CC(=O)c1ccc(-c2nccc3[nH]c(-c4n[nH]c5ccc(-c6cncc(NC(=O)CC(C)(C)C)c6)nc45)cc23)s1. The summed E-state index contributed by atoms with van der Waals surface area (Å²) in [5, 5.41) is 11.5. The standard InChI is InChI=1S/C30H27N7O2S/c1-16(38)24-7-8-25(40-24)27-19-12-23(34-21(19)9-10-32-27)29-28-22(36-37-29)6-5-20(35-28)17-11-18(15-31-14-17)33-26(39)13-30(2,3)4/h5-12,14-15,34H,13H2,1-4H3,(H,33,39)(H,36,37). The summed E-state index contributed by atoms with van der Waals surface area (Å²) in [6, 6.07) is 13.4. The van der Waals surface area contributed by atoms with Crippen molar-refractivity contribution in [2.75, 3.05) is 5.32 Å². The van der Waals surface area contributed by atoms with Gasteiger partial charge in [-0.2, -0.15) is 5.10 Å². The van der Waals surface area contributed by atoms with Crippen LogP contribution < -0.4 is 5.32 Å². The van der Waals surface area contributed by atoms with Gasteiger partial charge in [-0.05, 0) is 54.8 Å². The Morgan fingerprint density at radius 2 is 1.85 bits per heavy atom. The number of hydrogen-bond donors (Lipinski definition) is 3. The molecule has 0 saturated heterocycles. The van der Waals surface area contributed by atoms with E-state index in [2.05, 4.69) is 30.5 Å². The van der Waals surface area contributed by atoms with Crippen LogP contribution >= 0.6 is 11.3 Å². The number of carbonyl (C=O) groups is 2. The molecule has 1 amide bonds. The third kappa shape index (κ3) is 5.01. The number of rotatable bonds is 6. The summed E-state index contributed by atoms with van der Waals surface area (Å²) in [5.41, 5.74) is 6.70. The number of ketones is 1. The third-order valence-corrected chi connectivity index (χ3v) is 7.60. The van der Waals surface area contributed by atoms with Gasteiger partial charge in [0.25, 0.3) is 0 Å². The Kier molecular flexibility index (Phi) is 6.26. The van der Waals surface area contributed by atoms with E-state index in [0.29, 0.717) is 33.9 Å².